The van der Waals surface area contributed by atoms with Crippen molar-refractivity contribution in [3.8, 4) is 11.5 Å². The summed E-state index contributed by atoms with van der Waals surface area (Å²) in [5.74, 6) is 1.36. The number of hydrogen-bond acceptors (Lipinski definition) is 3. The minimum atomic E-state index is 0.0461. The molecule has 1 aromatic rings. The fraction of sp³-hybridized carbons (Fsp3) is 0.273. The van der Waals surface area contributed by atoms with Crippen LogP contribution in [0.3, 0.4) is 0 Å². The summed E-state index contributed by atoms with van der Waals surface area (Å²) in [6, 6.07) is 5.50. The van der Waals surface area contributed by atoms with E-state index in [1.165, 1.54) is 0 Å². The zero-order valence-corrected chi connectivity index (χ0v) is 10.2. The topological polar surface area (TPSA) is 96.8 Å². The first-order valence-corrected chi connectivity index (χ1v) is 4.99. The predicted molar refractivity (Wildman–Crippen MR) is 66.1 cm³/mol. The van der Waals surface area contributed by atoms with Gasteiger partial charge in [0.2, 0.25) is 0 Å². The maximum absolute atomic E-state index is 5.25. The van der Waals surface area contributed by atoms with Crippen LogP contribution in [0.1, 0.15) is 12.5 Å². The van der Waals surface area contributed by atoms with Crippen LogP contribution in [-0.2, 0) is 0 Å². The average molecular weight is 237 g/mol. The average Bonchev–Trinajstić information content (AvgIpc) is 2.34. The van der Waals surface area contributed by atoms with E-state index in [0.717, 1.165) is 11.3 Å². The molecule has 0 saturated carbocycles. The number of hydrogen-bond donors (Lipinski definition) is 3. The first kappa shape index (κ1) is 12.8. The Morgan fingerprint density at radius 3 is 2.35 bits per heavy atom. The van der Waals surface area contributed by atoms with Gasteiger partial charge < -0.3 is 9.47 Å². The van der Waals surface area contributed by atoms with E-state index in [4.69, 9.17) is 20.9 Å². The second-order valence-electron chi connectivity index (χ2n) is 3.33. The molecular formula is C11H17N4O2+. The number of guanidine groups is 1. The SMILES string of the molecule is COc1ccc(/C(C)=N\[NH+]=C(N)N)cc1OC. The standard InChI is InChI=1S/C11H16N4O2/c1-7(14-15-11(12)13)8-4-5-9(16-2)10(6-8)17-3/h4-6H,1-3H3,(H4,12,13,15)/p+1/b14-7-. The van der Waals surface area contributed by atoms with Crippen molar-refractivity contribution in [3.63, 3.8) is 0 Å². The van der Waals surface area contributed by atoms with Crippen molar-refractivity contribution in [1.82, 2.24) is 0 Å². The van der Waals surface area contributed by atoms with Crippen LogP contribution in [-0.4, -0.2) is 25.9 Å². The van der Waals surface area contributed by atoms with Crippen molar-refractivity contribution in [1.29, 1.82) is 0 Å². The number of ether oxygens (including phenoxy) is 2. The van der Waals surface area contributed by atoms with E-state index in [1.807, 2.05) is 25.1 Å². The molecule has 0 heterocycles. The van der Waals surface area contributed by atoms with Crippen LogP contribution in [0, 0.1) is 0 Å². The fourth-order valence-electron chi connectivity index (χ4n) is 1.27. The minimum Gasteiger partial charge on any atom is -0.493 e. The van der Waals surface area contributed by atoms with Crippen LogP contribution in [0.2, 0.25) is 0 Å². The number of benzene rings is 1. The quantitative estimate of drug-likeness (QED) is 0.347. The number of nitrogens with two attached hydrogens (primary N) is 2. The number of hydrazone groups is 1. The fourth-order valence-corrected chi connectivity index (χ4v) is 1.27. The second kappa shape index (κ2) is 5.74. The zero-order valence-electron chi connectivity index (χ0n) is 10.2. The lowest BCUT2D eigenvalue weighted by Gasteiger charge is -2.08. The van der Waals surface area contributed by atoms with E-state index in [-0.39, 0.29) is 5.96 Å². The highest BCUT2D eigenvalue weighted by Gasteiger charge is 2.06. The van der Waals surface area contributed by atoms with Gasteiger partial charge in [0.05, 0.1) is 19.9 Å². The summed E-state index contributed by atoms with van der Waals surface area (Å²) in [6.07, 6.45) is 0. The van der Waals surface area contributed by atoms with E-state index >= 15 is 0 Å². The lowest BCUT2D eigenvalue weighted by molar-refractivity contribution is -0.464. The highest BCUT2D eigenvalue weighted by atomic mass is 16.5. The van der Waals surface area contributed by atoms with E-state index in [1.54, 1.807) is 14.2 Å². The van der Waals surface area contributed by atoms with Crippen LogP contribution in [0.5, 0.6) is 11.5 Å². The van der Waals surface area contributed by atoms with E-state index in [9.17, 15) is 0 Å². The third kappa shape index (κ3) is 3.37. The molecule has 0 saturated heterocycles. The van der Waals surface area contributed by atoms with Crippen LogP contribution >= 0.6 is 0 Å². The van der Waals surface area contributed by atoms with E-state index < -0.39 is 0 Å². The van der Waals surface area contributed by atoms with Gasteiger partial charge in [0, 0.05) is 5.56 Å². The smallest absolute Gasteiger partial charge is 0.362 e. The van der Waals surface area contributed by atoms with Crippen molar-refractivity contribution >= 4 is 11.7 Å². The van der Waals surface area contributed by atoms with Crippen LogP contribution in [0.15, 0.2) is 23.3 Å². The van der Waals surface area contributed by atoms with Gasteiger partial charge in [0.15, 0.2) is 11.5 Å². The molecule has 0 spiro atoms. The zero-order chi connectivity index (χ0) is 12.8. The Balaban J connectivity index is 3.07. The molecule has 6 heteroatoms. The number of methoxy groups -OCH3 is 2. The highest BCUT2D eigenvalue weighted by molar-refractivity contribution is 5.98. The molecule has 1 aromatic carbocycles. The van der Waals surface area contributed by atoms with Gasteiger partial charge in [-0.15, -0.1) is 5.10 Å². The molecule has 0 atom stereocenters. The minimum absolute atomic E-state index is 0.0461. The monoisotopic (exact) mass is 237 g/mol. The largest absolute Gasteiger partial charge is 0.493 e. The molecule has 0 amide bonds. The lowest BCUT2D eigenvalue weighted by atomic mass is 10.1. The summed E-state index contributed by atoms with van der Waals surface area (Å²) in [4.78, 5) is 0. The summed E-state index contributed by atoms with van der Waals surface area (Å²) >= 11 is 0. The maximum atomic E-state index is 5.25. The number of nitrogens with one attached hydrogen (secondary N) is 1. The van der Waals surface area contributed by atoms with Crippen LogP contribution in [0.25, 0.3) is 0 Å². The Kier molecular flexibility index (Phi) is 4.33. The Morgan fingerprint density at radius 1 is 1.18 bits per heavy atom. The molecule has 0 fully saturated rings. The van der Waals surface area contributed by atoms with Crippen LogP contribution < -0.4 is 26.0 Å². The Bertz CT molecular complexity index is 451. The van der Waals surface area contributed by atoms with Crippen molar-refractivity contribution in [2.75, 3.05) is 14.2 Å². The maximum Gasteiger partial charge on any atom is 0.362 e. The summed E-state index contributed by atoms with van der Waals surface area (Å²) < 4.78 is 10.3. The molecular weight excluding hydrogens is 220 g/mol. The Hall–Kier alpha value is -2.24. The first-order chi connectivity index (χ1) is 8.08. The molecule has 0 unspecified atom stereocenters. The van der Waals surface area contributed by atoms with Crippen molar-refractivity contribution in [2.45, 2.75) is 6.92 Å². The molecule has 0 aliphatic heterocycles. The van der Waals surface area contributed by atoms with Gasteiger partial charge in [-0.05, 0) is 25.1 Å². The third-order valence-corrected chi connectivity index (χ3v) is 2.15. The molecule has 0 bridgehead atoms. The van der Waals surface area contributed by atoms with Gasteiger partial charge in [-0.3, -0.25) is 11.5 Å². The molecule has 6 nitrogen and oxygen atoms in total. The molecule has 0 aliphatic carbocycles. The molecule has 17 heavy (non-hydrogen) atoms. The summed E-state index contributed by atoms with van der Waals surface area (Å²) in [6.45, 7) is 1.83. The van der Waals surface area contributed by atoms with Crippen molar-refractivity contribution in [2.24, 2.45) is 16.6 Å². The molecule has 1 rings (SSSR count). The van der Waals surface area contributed by atoms with Gasteiger partial charge in [-0.1, -0.05) is 0 Å². The van der Waals surface area contributed by atoms with Gasteiger partial charge in [-0.25, -0.2) is 0 Å². The summed E-state index contributed by atoms with van der Waals surface area (Å²) in [5.41, 5.74) is 12.1. The summed E-state index contributed by atoms with van der Waals surface area (Å²) in [7, 11) is 3.17. The highest BCUT2D eigenvalue weighted by Crippen LogP contribution is 2.27. The normalized spacial score (nSPS) is 10.9. The number of nitrogens with zero attached hydrogens (tertiary/aromatic N) is 1. The Morgan fingerprint density at radius 2 is 1.82 bits per heavy atom. The van der Waals surface area contributed by atoms with Gasteiger partial charge in [-0.2, -0.15) is 5.10 Å². The van der Waals surface area contributed by atoms with E-state index in [0.29, 0.717) is 11.5 Å². The molecule has 0 radical (unpaired) electrons. The number of rotatable bonds is 4. The van der Waals surface area contributed by atoms with Gasteiger partial charge in [0.25, 0.3) is 0 Å². The molecule has 5 N–H and O–H groups in total. The summed E-state index contributed by atoms with van der Waals surface area (Å²) in [5, 5.41) is 6.51. The Labute approximate surface area is 99.9 Å². The lowest BCUT2D eigenvalue weighted by Crippen LogP contribution is -2.72. The third-order valence-electron chi connectivity index (χ3n) is 2.15. The molecule has 0 aromatic heterocycles. The van der Waals surface area contributed by atoms with Crippen LogP contribution in [0.4, 0.5) is 0 Å². The van der Waals surface area contributed by atoms with Gasteiger partial charge in [0.1, 0.15) is 0 Å². The van der Waals surface area contributed by atoms with Crippen molar-refractivity contribution < 1.29 is 14.6 Å². The van der Waals surface area contributed by atoms with Gasteiger partial charge >= 0.3 is 5.96 Å². The second-order valence-corrected chi connectivity index (χ2v) is 3.33. The molecule has 0 aliphatic rings. The van der Waals surface area contributed by atoms with Crippen molar-refractivity contribution in [3.05, 3.63) is 23.8 Å². The van der Waals surface area contributed by atoms with E-state index in [2.05, 4.69) is 10.2 Å². The predicted octanol–water partition coefficient (Wildman–Crippen LogP) is -1.22. The first-order valence-electron chi connectivity index (χ1n) is 4.99. The molecule has 92 valence electrons.